The van der Waals surface area contributed by atoms with Crippen LogP contribution in [-0.2, 0) is 21.4 Å². The van der Waals surface area contributed by atoms with Crippen molar-refractivity contribution in [2.75, 3.05) is 7.11 Å². The Morgan fingerprint density at radius 2 is 1.88 bits per heavy atom. The SMILES string of the molecule is COCc1cn(C2CC3CCC(C2)N3S(=O)(=O)c2ccccc2Br)nn1. The van der Waals surface area contributed by atoms with Crippen molar-refractivity contribution in [2.24, 2.45) is 0 Å². The number of methoxy groups -OCH3 is 1. The van der Waals surface area contributed by atoms with Crippen LogP contribution in [0.1, 0.15) is 37.4 Å². The molecule has 2 atom stereocenters. The quantitative estimate of drug-likeness (QED) is 0.713. The first-order valence-corrected chi connectivity index (χ1v) is 10.9. The molecule has 9 heteroatoms. The molecule has 2 unspecified atom stereocenters. The van der Waals surface area contributed by atoms with Gasteiger partial charge in [-0.1, -0.05) is 17.3 Å². The average molecular weight is 441 g/mol. The number of piperidine rings is 1. The van der Waals surface area contributed by atoms with Crippen LogP contribution in [0.3, 0.4) is 0 Å². The second-order valence-corrected chi connectivity index (χ2v) is 9.56. The zero-order chi connectivity index (χ0) is 18.3. The number of aromatic nitrogens is 3. The summed E-state index contributed by atoms with van der Waals surface area (Å²) in [5.41, 5.74) is 0.795. The molecule has 2 aromatic rings. The van der Waals surface area contributed by atoms with Crippen LogP contribution in [0.5, 0.6) is 0 Å². The molecule has 2 bridgehead atoms. The van der Waals surface area contributed by atoms with Crippen LogP contribution < -0.4 is 0 Å². The predicted octanol–water partition coefficient (Wildman–Crippen LogP) is 2.74. The van der Waals surface area contributed by atoms with Crippen LogP contribution in [0.25, 0.3) is 0 Å². The molecule has 26 heavy (non-hydrogen) atoms. The van der Waals surface area contributed by atoms with Gasteiger partial charge in [0.05, 0.1) is 23.7 Å². The fourth-order valence-corrected chi connectivity index (χ4v) is 7.05. The standard InChI is InChI=1S/C17H21BrN4O3S/c1-25-11-12-10-21(20-19-12)15-8-13-6-7-14(9-15)22(13)26(23,24)17-5-3-2-4-16(17)18/h2-5,10,13-15H,6-9,11H2,1H3. The van der Waals surface area contributed by atoms with Gasteiger partial charge in [-0.25, -0.2) is 13.1 Å². The van der Waals surface area contributed by atoms with E-state index in [1.807, 2.05) is 16.9 Å². The molecule has 2 aliphatic rings. The molecule has 140 valence electrons. The minimum absolute atomic E-state index is 0.00549. The summed E-state index contributed by atoms with van der Waals surface area (Å²) in [4.78, 5) is 0.346. The smallest absolute Gasteiger partial charge is 0.244 e. The van der Waals surface area contributed by atoms with E-state index in [0.717, 1.165) is 31.4 Å². The summed E-state index contributed by atoms with van der Waals surface area (Å²) in [6.07, 6.45) is 5.21. The van der Waals surface area contributed by atoms with E-state index in [2.05, 4.69) is 26.2 Å². The minimum Gasteiger partial charge on any atom is -0.378 e. The maximum atomic E-state index is 13.2. The Balaban J connectivity index is 1.58. The number of sulfonamides is 1. The van der Waals surface area contributed by atoms with Crippen molar-refractivity contribution in [3.63, 3.8) is 0 Å². The zero-order valence-corrected chi connectivity index (χ0v) is 16.9. The van der Waals surface area contributed by atoms with Crippen LogP contribution in [-0.4, -0.2) is 46.9 Å². The van der Waals surface area contributed by atoms with Gasteiger partial charge in [-0.2, -0.15) is 4.31 Å². The van der Waals surface area contributed by atoms with Crippen molar-refractivity contribution >= 4 is 26.0 Å². The van der Waals surface area contributed by atoms with E-state index in [1.54, 1.807) is 29.6 Å². The molecular weight excluding hydrogens is 420 g/mol. The van der Waals surface area contributed by atoms with Crippen molar-refractivity contribution in [1.29, 1.82) is 0 Å². The predicted molar refractivity (Wildman–Crippen MR) is 99.0 cm³/mol. The number of benzene rings is 1. The minimum atomic E-state index is -3.52. The Morgan fingerprint density at radius 3 is 2.54 bits per heavy atom. The lowest BCUT2D eigenvalue weighted by molar-refractivity contribution is 0.180. The van der Waals surface area contributed by atoms with E-state index < -0.39 is 10.0 Å². The summed E-state index contributed by atoms with van der Waals surface area (Å²) >= 11 is 3.38. The Morgan fingerprint density at radius 1 is 1.19 bits per heavy atom. The molecule has 0 radical (unpaired) electrons. The molecule has 1 aromatic heterocycles. The molecule has 1 aromatic carbocycles. The molecule has 7 nitrogen and oxygen atoms in total. The first kappa shape index (κ1) is 18.1. The molecule has 0 N–H and O–H groups in total. The molecule has 3 heterocycles. The Kier molecular flexibility index (Phi) is 4.89. The third kappa shape index (κ3) is 3.11. The summed E-state index contributed by atoms with van der Waals surface area (Å²) in [5.74, 6) is 0. The van der Waals surface area contributed by atoms with Crippen LogP contribution >= 0.6 is 15.9 Å². The molecular formula is C17H21BrN4O3S. The highest BCUT2D eigenvalue weighted by molar-refractivity contribution is 9.10. The number of hydrogen-bond acceptors (Lipinski definition) is 5. The van der Waals surface area contributed by atoms with Crippen LogP contribution in [0.2, 0.25) is 0 Å². The normalized spacial score (nSPS) is 26.3. The summed E-state index contributed by atoms with van der Waals surface area (Å²) in [6.45, 7) is 0.433. The van der Waals surface area contributed by atoms with Crippen molar-refractivity contribution in [1.82, 2.24) is 19.3 Å². The van der Waals surface area contributed by atoms with Gasteiger partial charge in [-0.05, 0) is 53.7 Å². The molecule has 0 aliphatic carbocycles. The Bertz CT molecular complexity index is 887. The van der Waals surface area contributed by atoms with Gasteiger partial charge < -0.3 is 4.74 Å². The maximum Gasteiger partial charge on any atom is 0.244 e. The van der Waals surface area contributed by atoms with Gasteiger partial charge in [-0.3, -0.25) is 0 Å². The van der Waals surface area contributed by atoms with Gasteiger partial charge >= 0.3 is 0 Å². The second kappa shape index (κ2) is 7.03. The van der Waals surface area contributed by atoms with Gasteiger partial charge in [0.25, 0.3) is 0 Å². The average Bonchev–Trinajstić information content (AvgIpc) is 3.18. The third-order valence-corrected chi connectivity index (χ3v) is 8.27. The van der Waals surface area contributed by atoms with E-state index in [4.69, 9.17) is 4.74 Å². The molecule has 0 spiro atoms. The third-order valence-electron chi connectivity index (χ3n) is 5.26. The summed E-state index contributed by atoms with van der Waals surface area (Å²) < 4.78 is 35.8. The summed E-state index contributed by atoms with van der Waals surface area (Å²) in [5, 5.41) is 8.35. The van der Waals surface area contributed by atoms with Crippen molar-refractivity contribution in [2.45, 2.75) is 55.3 Å². The number of nitrogens with zero attached hydrogens (tertiary/aromatic N) is 4. The number of hydrogen-bond donors (Lipinski definition) is 0. The van der Waals surface area contributed by atoms with Crippen LogP contribution in [0.4, 0.5) is 0 Å². The lowest BCUT2D eigenvalue weighted by Gasteiger charge is -2.37. The number of halogens is 1. The first-order valence-electron chi connectivity index (χ1n) is 8.68. The molecule has 0 amide bonds. The lowest BCUT2D eigenvalue weighted by Crippen LogP contribution is -2.46. The highest BCUT2D eigenvalue weighted by atomic mass is 79.9. The lowest BCUT2D eigenvalue weighted by atomic mass is 10.00. The number of ether oxygens (including phenoxy) is 1. The molecule has 2 saturated heterocycles. The van der Waals surface area contributed by atoms with Crippen molar-refractivity contribution in [3.8, 4) is 0 Å². The zero-order valence-electron chi connectivity index (χ0n) is 14.5. The monoisotopic (exact) mass is 440 g/mol. The first-order chi connectivity index (χ1) is 12.5. The van der Waals surface area contributed by atoms with E-state index in [0.29, 0.717) is 16.0 Å². The molecule has 4 rings (SSSR count). The van der Waals surface area contributed by atoms with Crippen molar-refractivity contribution < 1.29 is 13.2 Å². The van der Waals surface area contributed by atoms with Crippen LogP contribution in [0, 0.1) is 0 Å². The summed E-state index contributed by atoms with van der Waals surface area (Å²) in [7, 11) is -1.89. The van der Waals surface area contributed by atoms with Gasteiger partial charge in [0.2, 0.25) is 10.0 Å². The highest BCUT2D eigenvalue weighted by Crippen LogP contribution is 2.44. The van der Waals surface area contributed by atoms with E-state index >= 15 is 0 Å². The van der Waals surface area contributed by atoms with Crippen LogP contribution in [0.15, 0.2) is 39.8 Å². The topological polar surface area (TPSA) is 77.3 Å². The molecule has 2 aliphatic heterocycles. The fourth-order valence-electron chi connectivity index (χ4n) is 4.19. The Labute approximate surface area is 161 Å². The van der Waals surface area contributed by atoms with Gasteiger partial charge in [0.1, 0.15) is 5.69 Å². The summed E-state index contributed by atoms with van der Waals surface area (Å²) in [6, 6.07) is 7.21. The number of fused-ring (bicyclic) bond motifs is 2. The Hall–Kier alpha value is -1.29. The molecule has 2 fully saturated rings. The van der Waals surface area contributed by atoms with E-state index in [9.17, 15) is 8.42 Å². The number of rotatable bonds is 5. The van der Waals surface area contributed by atoms with Gasteiger partial charge in [0.15, 0.2) is 0 Å². The largest absolute Gasteiger partial charge is 0.378 e. The maximum absolute atomic E-state index is 13.2. The van der Waals surface area contributed by atoms with Gasteiger partial charge in [0, 0.05) is 23.7 Å². The highest BCUT2D eigenvalue weighted by Gasteiger charge is 2.48. The second-order valence-electron chi connectivity index (χ2n) is 6.90. The van der Waals surface area contributed by atoms with Crippen molar-refractivity contribution in [3.05, 3.63) is 40.6 Å². The van der Waals surface area contributed by atoms with E-state index in [1.165, 1.54) is 0 Å². The molecule has 0 saturated carbocycles. The van der Waals surface area contributed by atoms with Gasteiger partial charge in [-0.15, -0.1) is 5.10 Å². The fraction of sp³-hybridized carbons (Fsp3) is 0.529. The van der Waals surface area contributed by atoms with E-state index in [-0.39, 0.29) is 18.1 Å².